The summed E-state index contributed by atoms with van der Waals surface area (Å²) in [4.78, 5) is 54.7. The molecule has 3 heterocycles. The largest absolute Gasteiger partial charge is 0.465 e. The fraction of sp³-hybridized carbons (Fsp3) is 0.385. The average molecular weight is 698 g/mol. The number of rotatable bonds is 7. The summed E-state index contributed by atoms with van der Waals surface area (Å²) in [6.07, 6.45) is 9.86. The van der Waals surface area contributed by atoms with Crippen LogP contribution < -0.4 is 15.1 Å². The van der Waals surface area contributed by atoms with Crippen LogP contribution in [-0.4, -0.2) is 46.2 Å². The molecule has 254 valence electrons. The average Bonchev–Trinajstić information content (AvgIpc) is 3.41. The molecule has 0 spiro atoms. The van der Waals surface area contributed by atoms with E-state index in [2.05, 4.69) is 34.7 Å². The molecule has 7 rings (SSSR count). The van der Waals surface area contributed by atoms with Crippen molar-refractivity contribution in [2.45, 2.75) is 69.9 Å². The summed E-state index contributed by atoms with van der Waals surface area (Å²) in [6, 6.07) is 23.9. The zero-order chi connectivity index (χ0) is 33.8. The van der Waals surface area contributed by atoms with E-state index in [4.69, 9.17) is 21.2 Å². The number of halogens is 1. The SMILES string of the molecule is O=C1C[C@]2(C(=O)NOc3ccccc3)C[C@H]2/C=C\CCCCC[C@H](Cc2ccccc2)C(=O)N2C[C@H](Oc3nc4ccc(Cl)cc4s3)C[C@@H]12. The summed E-state index contributed by atoms with van der Waals surface area (Å²) in [6.45, 7) is 0.275. The highest BCUT2D eigenvalue weighted by Gasteiger charge is 2.61. The summed E-state index contributed by atoms with van der Waals surface area (Å²) in [7, 11) is 0. The van der Waals surface area contributed by atoms with Gasteiger partial charge in [0, 0.05) is 23.8 Å². The zero-order valence-electron chi connectivity index (χ0n) is 27.3. The zero-order valence-corrected chi connectivity index (χ0v) is 28.8. The fourth-order valence-electron chi connectivity index (χ4n) is 7.29. The molecule has 2 aliphatic heterocycles. The van der Waals surface area contributed by atoms with E-state index < -0.39 is 17.6 Å². The van der Waals surface area contributed by atoms with Gasteiger partial charge in [-0.1, -0.05) is 96.5 Å². The summed E-state index contributed by atoms with van der Waals surface area (Å²) in [5.74, 6) is -0.323. The van der Waals surface area contributed by atoms with Crippen LogP contribution in [0.4, 0.5) is 0 Å². The van der Waals surface area contributed by atoms with E-state index in [0.29, 0.717) is 35.2 Å². The van der Waals surface area contributed by atoms with Crippen LogP contribution in [-0.2, 0) is 20.8 Å². The number of nitrogens with zero attached hydrogens (tertiary/aromatic N) is 2. The number of thiazole rings is 1. The first kappa shape index (κ1) is 33.3. The van der Waals surface area contributed by atoms with Crippen molar-refractivity contribution in [1.82, 2.24) is 15.4 Å². The molecule has 49 heavy (non-hydrogen) atoms. The molecule has 1 aromatic heterocycles. The smallest absolute Gasteiger partial charge is 0.274 e. The molecule has 8 nitrogen and oxygen atoms in total. The van der Waals surface area contributed by atoms with Crippen LogP contribution in [0.25, 0.3) is 10.2 Å². The molecule has 1 saturated carbocycles. The van der Waals surface area contributed by atoms with Crippen LogP contribution in [0.15, 0.2) is 91.0 Å². The highest BCUT2D eigenvalue weighted by molar-refractivity contribution is 7.20. The molecule has 2 amide bonds. The van der Waals surface area contributed by atoms with E-state index in [1.54, 1.807) is 23.1 Å². The molecule has 1 N–H and O–H groups in total. The summed E-state index contributed by atoms with van der Waals surface area (Å²) >= 11 is 7.61. The standard InChI is InChI=1S/C39H40ClN3O5S/c40-29-18-19-32-35(21-29)49-38(41-32)47-31-22-33-34(44)24-39(37(46)42-48-30-16-10-5-11-17-30)23-28(39)15-9-3-1-2-8-14-27(36(45)43(33)25-31)20-26-12-6-4-7-13-26/h4-7,9-13,15-19,21,27-28,31,33H,1-3,8,14,20,22-25H2,(H,42,46)/b15-9-/t27-,28-,31-,33+,39-/m1/s1. The number of carbonyl (C=O) groups is 3. The lowest BCUT2D eigenvalue weighted by Gasteiger charge is -2.29. The van der Waals surface area contributed by atoms with E-state index in [0.717, 1.165) is 47.9 Å². The molecule has 3 aromatic carbocycles. The number of hydrogen-bond donors (Lipinski definition) is 1. The van der Waals surface area contributed by atoms with Crippen LogP contribution >= 0.6 is 22.9 Å². The Morgan fingerprint density at radius 3 is 2.63 bits per heavy atom. The second-order valence-corrected chi connectivity index (χ2v) is 14.9. The molecular weight excluding hydrogens is 658 g/mol. The Labute approximate surface area is 295 Å². The predicted octanol–water partition coefficient (Wildman–Crippen LogP) is 7.75. The van der Waals surface area contributed by atoms with Gasteiger partial charge in [-0.05, 0) is 73.9 Å². The Kier molecular flexibility index (Phi) is 10.0. The number of allylic oxidation sites excluding steroid dienone is 2. The van der Waals surface area contributed by atoms with Crippen molar-refractivity contribution in [3.63, 3.8) is 0 Å². The van der Waals surface area contributed by atoms with Crippen LogP contribution in [0.2, 0.25) is 5.02 Å². The third-order valence-electron chi connectivity index (χ3n) is 10.1. The lowest BCUT2D eigenvalue weighted by molar-refractivity contribution is -0.143. The van der Waals surface area contributed by atoms with E-state index in [-0.39, 0.29) is 42.4 Å². The fourth-order valence-corrected chi connectivity index (χ4v) is 8.45. The van der Waals surface area contributed by atoms with Crippen molar-refractivity contribution in [2.24, 2.45) is 17.3 Å². The van der Waals surface area contributed by atoms with E-state index in [1.807, 2.05) is 48.5 Å². The molecule has 10 heteroatoms. The lowest BCUT2D eigenvalue weighted by Crippen LogP contribution is -2.46. The highest BCUT2D eigenvalue weighted by atomic mass is 35.5. The van der Waals surface area contributed by atoms with Gasteiger partial charge in [-0.3, -0.25) is 14.4 Å². The van der Waals surface area contributed by atoms with Gasteiger partial charge in [0.05, 0.1) is 28.2 Å². The Morgan fingerprint density at radius 2 is 1.82 bits per heavy atom. The molecule has 0 radical (unpaired) electrons. The van der Waals surface area contributed by atoms with Crippen molar-refractivity contribution in [3.05, 3.63) is 102 Å². The third-order valence-corrected chi connectivity index (χ3v) is 11.2. The van der Waals surface area contributed by atoms with Crippen molar-refractivity contribution in [3.8, 4) is 10.9 Å². The van der Waals surface area contributed by atoms with Gasteiger partial charge >= 0.3 is 0 Å². The number of hydrogen-bond acceptors (Lipinski definition) is 7. The van der Waals surface area contributed by atoms with Gasteiger partial charge in [-0.25, -0.2) is 4.98 Å². The number of amides is 2. The Morgan fingerprint density at radius 1 is 1.02 bits per heavy atom. The number of hydroxylamine groups is 1. The van der Waals surface area contributed by atoms with E-state index in [9.17, 15) is 14.4 Å². The highest BCUT2D eigenvalue weighted by Crippen LogP contribution is 2.57. The van der Waals surface area contributed by atoms with Crippen LogP contribution in [0.1, 0.15) is 56.9 Å². The summed E-state index contributed by atoms with van der Waals surface area (Å²) in [5.41, 5.74) is 3.57. The number of Topliss-reactive ketones (excluding diaryl/α,β-unsaturated/α-hetero) is 1. The Hall–Kier alpha value is -4.21. The second kappa shape index (κ2) is 14.7. The summed E-state index contributed by atoms with van der Waals surface area (Å²) in [5, 5.41) is 1.10. The minimum Gasteiger partial charge on any atom is -0.465 e. The first-order valence-corrected chi connectivity index (χ1v) is 18.4. The van der Waals surface area contributed by atoms with Gasteiger partial charge in [0.1, 0.15) is 6.10 Å². The molecular formula is C39H40ClN3O5S. The molecule has 1 saturated heterocycles. The lowest BCUT2D eigenvalue weighted by atomic mass is 9.90. The monoisotopic (exact) mass is 697 g/mol. The van der Waals surface area contributed by atoms with Gasteiger partial charge in [0.25, 0.3) is 11.1 Å². The predicted molar refractivity (Wildman–Crippen MR) is 190 cm³/mol. The van der Waals surface area contributed by atoms with E-state index in [1.165, 1.54) is 11.3 Å². The topological polar surface area (TPSA) is 97.8 Å². The van der Waals surface area contributed by atoms with Gasteiger partial charge in [0.2, 0.25) is 5.91 Å². The molecule has 4 aromatic rings. The first-order valence-electron chi connectivity index (χ1n) is 17.2. The summed E-state index contributed by atoms with van der Waals surface area (Å²) < 4.78 is 7.30. The number of ether oxygens (including phenoxy) is 1. The first-order chi connectivity index (χ1) is 23.9. The number of nitrogens with one attached hydrogen (secondary N) is 1. The number of aromatic nitrogens is 1. The molecule has 0 unspecified atom stereocenters. The van der Waals surface area contributed by atoms with Gasteiger partial charge in [-0.15, -0.1) is 0 Å². The molecule has 1 aliphatic carbocycles. The molecule has 3 aliphatic rings. The number of fused-ring (bicyclic) bond motifs is 3. The van der Waals surface area contributed by atoms with Crippen LogP contribution in [0.5, 0.6) is 10.9 Å². The number of para-hydroxylation sites is 1. The number of carbonyl (C=O) groups excluding carboxylic acids is 3. The molecule has 0 bridgehead atoms. The normalized spacial score (nSPS) is 26.6. The van der Waals surface area contributed by atoms with Crippen molar-refractivity contribution >= 4 is 50.8 Å². The second-order valence-electron chi connectivity index (χ2n) is 13.5. The van der Waals surface area contributed by atoms with Crippen molar-refractivity contribution in [2.75, 3.05) is 6.54 Å². The molecule has 2 fully saturated rings. The minimum atomic E-state index is -0.939. The van der Waals surface area contributed by atoms with Crippen LogP contribution in [0, 0.1) is 17.3 Å². The van der Waals surface area contributed by atoms with Gasteiger partial charge < -0.3 is 14.5 Å². The number of ketones is 1. The van der Waals surface area contributed by atoms with Gasteiger partial charge in [0.15, 0.2) is 11.5 Å². The maximum absolute atomic E-state index is 14.5. The van der Waals surface area contributed by atoms with Gasteiger partial charge in [-0.2, -0.15) is 5.48 Å². The van der Waals surface area contributed by atoms with Crippen LogP contribution in [0.3, 0.4) is 0 Å². The van der Waals surface area contributed by atoms with E-state index >= 15 is 0 Å². The maximum Gasteiger partial charge on any atom is 0.274 e. The maximum atomic E-state index is 14.5. The third kappa shape index (κ3) is 7.68. The van der Waals surface area contributed by atoms with Crippen molar-refractivity contribution in [1.29, 1.82) is 0 Å². The Bertz CT molecular complexity index is 1830. The minimum absolute atomic E-state index is 0.0101. The molecule has 5 atom stereocenters. The number of benzene rings is 3. The quantitative estimate of drug-likeness (QED) is 0.157. The van der Waals surface area contributed by atoms with Crippen molar-refractivity contribution < 1.29 is 24.0 Å². The Balaban J connectivity index is 1.16.